The molecular weight excluding hydrogens is 580 g/mol. The highest BCUT2D eigenvalue weighted by Crippen LogP contribution is 2.38. The predicted molar refractivity (Wildman–Crippen MR) is 159 cm³/mol. The number of aryl methyl sites for hydroxylation is 2. The fourth-order valence-corrected chi connectivity index (χ4v) is 5.02. The number of methoxy groups -OCH3 is 2. The van der Waals surface area contributed by atoms with Gasteiger partial charge in [-0.05, 0) is 88.5 Å². The highest BCUT2D eigenvalue weighted by Gasteiger charge is 2.40. The summed E-state index contributed by atoms with van der Waals surface area (Å²) in [5.74, 6) is 0.168. The summed E-state index contributed by atoms with van der Waals surface area (Å²) in [6, 6.07) is 19.3. The van der Waals surface area contributed by atoms with Gasteiger partial charge in [-0.3, -0.25) is 14.5 Å². The lowest BCUT2D eigenvalue weighted by Gasteiger charge is -2.19. The third kappa shape index (κ3) is 6.32. The van der Waals surface area contributed by atoms with Crippen LogP contribution in [0.15, 0.2) is 70.8 Å². The normalized spacial score (nSPS) is 14.2. The average molecular weight is 610 g/mol. The maximum Gasteiger partial charge on any atom is 0.325 e. The van der Waals surface area contributed by atoms with E-state index in [2.05, 4.69) is 22.9 Å². The number of rotatable bonds is 9. The summed E-state index contributed by atoms with van der Waals surface area (Å²) in [6.07, 6.45) is 2.55. The number of halogens is 1. The third-order valence-electron chi connectivity index (χ3n) is 6.31. The fraction of sp³-hybridized carbons (Fsp3) is 0.233. The van der Waals surface area contributed by atoms with E-state index in [9.17, 15) is 9.59 Å². The molecule has 39 heavy (non-hydrogen) atoms. The Morgan fingerprint density at radius 1 is 1.03 bits per heavy atom. The smallest absolute Gasteiger partial charge is 0.325 e. The lowest BCUT2D eigenvalue weighted by Crippen LogP contribution is -2.35. The van der Waals surface area contributed by atoms with Crippen LogP contribution in [0.5, 0.6) is 11.5 Å². The largest absolute Gasteiger partial charge is 0.493 e. The number of thiocarbonyl (C=S) groups is 1. The highest BCUT2D eigenvalue weighted by molar-refractivity contribution is 9.10. The van der Waals surface area contributed by atoms with Crippen molar-refractivity contribution in [3.63, 3.8) is 0 Å². The molecule has 0 spiro atoms. The lowest BCUT2D eigenvalue weighted by atomic mass is 10.1. The van der Waals surface area contributed by atoms with Crippen LogP contribution in [0.3, 0.4) is 0 Å². The summed E-state index contributed by atoms with van der Waals surface area (Å²) in [7, 11) is 2.85. The molecule has 1 fully saturated rings. The molecule has 3 aromatic rings. The van der Waals surface area contributed by atoms with Crippen molar-refractivity contribution in [2.75, 3.05) is 25.7 Å². The summed E-state index contributed by atoms with van der Waals surface area (Å²) in [4.78, 5) is 28.8. The Hall–Kier alpha value is -3.69. The van der Waals surface area contributed by atoms with Crippen molar-refractivity contribution in [2.45, 2.75) is 26.9 Å². The van der Waals surface area contributed by atoms with E-state index < -0.39 is 5.97 Å². The Balaban J connectivity index is 1.68. The van der Waals surface area contributed by atoms with Gasteiger partial charge in [0.1, 0.15) is 18.8 Å². The number of hydrogen-bond donors (Lipinski definition) is 0. The van der Waals surface area contributed by atoms with E-state index in [-0.39, 0.29) is 23.3 Å². The summed E-state index contributed by atoms with van der Waals surface area (Å²) < 4.78 is 17.2. The molecule has 1 saturated heterocycles. The van der Waals surface area contributed by atoms with Crippen LogP contribution >= 0.6 is 28.1 Å². The minimum atomic E-state index is -0.516. The first-order chi connectivity index (χ1) is 18.7. The Labute approximate surface area is 242 Å². The zero-order valence-electron chi connectivity index (χ0n) is 22.2. The molecular formula is C30H29BrN2O5S. The standard InChI is InChI=1S/C30H29BrN2O5S/c1-5-20-10-12-23(13-11-20)33-29(35)25(32(30(33)39)17-27(34)37-4)15-22-14-24(31)28(26(16-22)36-3)38-18-21-8-6-19(2)7-9-21/h6-16H,5,17-18H2,1-4H3/b25-15-. The van der Waals surface area contributed by atoms with Crippen molar-refractivity contribution in [3.8, 4) is 11.5 Å². The molecule has 0 aliphatic carbocycles. The van der Waals surface area contributed by atoms with Crippen LogP contribution in [0.4, 0.5) is 5.69 Å². The summed E-state index contributed by atoms with van der Waals surface area (Å²) in [5.41, 5.74) is 4.86. The number of ether oxygens (including phenoxy) is 3. The molecule has 1 aliphatic heterocycles. The zero-order valence-corrected chi connectivity index (χ0v) is 24.6. The Morgan fingerprint density at radius 2 is 1.69 bits per heavy atom. The molecule has 0 saturated carbocycles. The van der Waals surface area contributed by atoms with Crippen LogP contribution in [0.25, 0.3) is 6.08 Å². The van der Waals surface area contributed by atoms with E-state index in [4.69, 9.17) is 26.4 Å². The lowest BCUT2D eigenvalue weighted by molar-refractivity contribution is -0.140. The molecule has 4 rings (SSSR count). The first-order valence-corrected chi connectivity index (χ1v) is 13.5. The Bertz CT molecular complexity index is 1420. The molecule has 0 N–H and O–H groups in total. The second-order valence-electron chi connectivity index (χ2n) is 8.94. The van der Waals surface area contributed by atoms with Gasteiger partial charge in [-0.25, -0.2) is 0 Å². The summed E-state index contributed by atoms with van der Waals surface area (Å²) in [5, 5.41) is 0.199. The van der Waals surface area contributed by atoms with E-state index >= 15 is 0 Å². The zero-order chi connectivity index (χ0) is 28.1. The highest BCUT2D eigenvalue weighted by atomic mass is 79.9. The van der Waals surface area contributed by atoms with Gasteiger partial charge >= 0.3 is 5.97 Å². The predicted octanol–water partition coefficient (Wildman–Crippen LogP) is 6.06. The van der Waals surface area contributed by atoms with Gasteiger partial charge in [0.05, 0.1) is 24.4 Å². The van der Waals surface area contributed by atoms with Crippen molar-refractivity contribution >= 4 is 56.9 Å². The number of carbonyl (C=O) groups is 2. The van der Waals surface area contributed by atoms with Crippen LogP contribution in [-0.4, -0.2) is 42.7 Å². The van der Waals surface area contributed by atoms with Crippen LogP contribution in [0.2, 0.25) is 0 Å². The summed E-state index contributed by atoms with van der Waals surface area (Å²) >= 11 is 9.24. The number of esters is 1. The fourth-order valence-electron chi connectivity index (χ4n) is 4.10. The van der Waals surface area contributed by atoms with E-state index in [0.717, 1.165) is 17.5 Å². The van der Waals surface area contributed by atoms with Crippen LogP contribution < -0.4 is 14.4 Å². The monoisotopic (exact) mass is 608 g/mol. The van der Waals surface area contributed by atoms with Crippen molar-refractivity contribution in [3.05, 3.63) is 93.1 Å². The minimum absolute atomic E-state index is 0.199. The minimum Gasteiger partial charge on any atom is -0.493 e. The maximum atomic E-state index is 13.7. The maximum absolute atomic E-state index is 13.7. The van der Waals surface area contributed by atoms with Crippen LogP contribution in [0, 0.1) is 6.92 Å². The molecule has 0 unspecified atom stereocenters. The first-order valence-electron chi connectivity index (χ1n) is 12.3. The molecule has 1 heterocycles. The van der Waals surface area contributed by atoms with Gasteiger partial charge in [0.15, 0.2) is 16.6 Å². The topological polar surface area (TPSA) is 68.3 Å². The van der Waals surface area contributed by atoms with Gasteiger partial charge in [-0.15, -0.1) is 0 Å². The van der Waals surface area contributed by atoms with Gasteiger partial charge < -0.3 is 19.1 Å². The molecule has 1 aliphatic rings. The Morgan fingerprint density at radius 3 is 2.31 bits per heavy atom. The van der Waals surface area contributed by atoms with Crippen molar-refractivity contribution in [2.24, 2.45) is 0 Å². The van der Waals surface area contributed by atoms with Crippen molar-refractivity contribution < 1.29 is 23.8 Å². The molecule has 7 nitrogen and oxygen atoms in total. The van der Waals surface area contributed by atoms with Gasteiger partial charge in [0.2, 0.25) is 0 Å². The number of amides is 1. The van der Waals surface area contributed by atoms with Crippen LogP contribution in [-0.2, 0) is 27.4 Å². The third-order valence-corrected chi connectivity index (χ3v) is 7.30. The SMILES string of the molecule is CCc1ccc(N2C(=O)/C(=C/c3cc(Br)c(OCc4ccc(C)cc4)c(OC)c3)N(CC(=O)OC)C2=S)cc1. The molecule has 9 heteroatoms. The van der Waals surface area contributed by atoms with Crippen molar-refractivity contribution in [1.82, 2.24) is 4.90 Å². The van der Waals surface area contributed by atoms with E-state index in [0.29, 0.717) is 33.8 Å². The molecule has 0 bridgehead atoms. The average Bonchev–Trinajstić information content (AvgIpc) is 3.16. The number of hydrogen-bond acceptors (Lipinski definition) is 6. The van der Waals surface area contributed by atoms with Crippen LogP contribution in [0.1, 0.15) is 29.2 Å². The van der Waals surface area contributed by atoms with Crippen molar-refractivity contribution in [1.29, 1.82) is 0 Å². The number of benzene rings is 3. The summed E-state index contributed by atoms with van der Waals surface area (Å²) in [6.45, 7) is 4.26. The van der Waals surface area contributed by atoms with E-state index in [1.807, 2.05) is 61.5 Å². The van der Waals surface area contributed by atoms with E-state index in [1.54, 1.807) is 19.3 Å². The second kappa shape index (κ2) is 12.4. The second-order valence-corrected chi connectivity index (χ2v) is 10.2. The number of carbonyl (C=O) groups excluding carboxylic acids is 2. The molecule has 3 aromatic carbocycles. The van der Waals surface area contributed by atoms with Gasteiger partial charge in [-0.1, -0.05) is 48.9 Å². The molecule has 0 radical (unpaired) electrons. The number of nitrogens with zero attached hydrogens (tertiary/aromatic N) is 2. The first kappa shape index (κ1) is 28.3. The molecule has 0 atom stereocenters. The quantitative estimate of drug-likeness (QED) is 0.166. The van der Waals surface area contributed by atoms with Gasteiger partial charge in [-0.2, -0.15) is 0 Å². The van der Waals surface area contributed by atoms with E-state index in [1.165, 1.54) is 22.5 Å². The Kier molecular flexibility index (Phi) is 9.04. The molecule has 202 valence electrons. The van der Waals surface area contributed by atoms with Gasteiger partial charge in [0, 0.05) is 0 Å². The molecule has 0 aromatic heterocycles. The molecule has 1 amide bonds. The number of anilines is 1. The van der Waals surface area contributed by atoms with Gasteiger partial charge in [0.25, 0.3) is 5.91 Å².